The van der Waals surface area contributed by atoms with Gasteiger partial charge in [-0.05, 0) is 19.4 Å². The lowest BCUT2D eigenvalue weighted by Crippen LogP contribution is -2.49. The second-order valence-electron chi connectivity index (χ2n) is 4.85. The minimum atomic E-state index is 0.592. The lowest BCUT2D eigenvalue weighted by atomic mass is 10.2. The summed E-state index contributed by atoms with van der Waals surface area (Å²) in [4.78, 5) is 9.10. The number of nitrogens with zero attached hydrogens (tertiary/aromatic N) is 3. The molecule has 18 heavy (non-hydrogen) atoms. The van der Waals surface area contributed by atoms with Crippen molar-refractivity contribution >= 4 is 23.1 Å². The van der Waals surface area contributed by atoms with E-state index in [1.165, 1.54) is 6.42 Å². The van der Waals surface area contributed by atoms with Crippen molar-refractivity contribution in [2.75, 3.05) is 36.8 Å². The van der Waals surface area contributed by atoms with Crippen LogP contribution in [-0.2, 0) is 0 Å². The summed E-state index contributed by atoms with van der Waals surface area (Å²) in [5.41, 5.74) is 6.64. The van der Waals surface area contributed by atoms with Gasteiger partial charge in [-0.3, -0.25) is 4.90 Å². The summed E-state index contributed by atoms with van der Waals surface area (Å²) in [6.45, 7) is 8.60. The van der Waals surface area contributed by atoms with E-state index in [1.807, 2.05) is 0 Å². The second-order valence-corrected chi connectivity index (χ2v) is 5.28. The second kappa shape index (κ2) is 5.76. The number of anilines is 2. The molecule has 1 fully saturated rings. The van der Waals surface area contributed by atoms with Gasteiger partial charge in [0.25, 0.3) is 0 Å². The number of nitrogens with two attached hydrogens (primary N) is 1. The molecule has 2 N–H and O–H groups in total. The minimum Gasteiger partial charge on any atom is -0.396 e. The van der Waals surface area contributed by atoms with Crippen LogP contribution in [0.1, 0.15) is 20.3 Å². The molecule has 2 rings (SSSR count). The highest BCUT2D eigenvalue weighted by Gasteiger charge is 2.22. The summed E-state index contributed by atoms with van der Waals surface area (Å²) in [5.74, 6) is 0.864. The van der Waals surface area contributed by atoms with E-state index in [0.717, 1.165) is 32.0 Å². The van der Waals surface area contributed by atoms with E-state index in [1.54, 1.807) is 12.3 Å². The van der Waals surface area contributed by atoms with E-state index >= 15 is 0 Å². The van der Waals surface area contributed by atoms with E-state index in [9.17, 15) is 0 Å². The maximum Gasteiger partial charge on any atom is 0.151 e. The first-order valence-electron chi connectivity index (χ1n) is 6.51. The zero-order valence-electron chi connectivity index (χ0n) is 11.1. The largest absolute Gasteiger partial charge is 0.396 e. The van der Waals surface area contributed by atoms with Gasteiger partial charge >= 0.3 is 0 Å². The van der Waals surface area contributed by atoms with Crippen molar-refractivity contribution in [3.63, 3.8) is 0 Å². The van der Waals surface area contributed by atoms with Gasteiger partial charge < -0.3 is 10.6 Å². The third-order valence-corrected chi connectivity index (χ3v) is 3.90. The zero-order chi connectivity index (χ0) is 13.1. The molecule has 1 saturated heterocycles. The van der Waals surface area contributed by atoms with Crippen molar-refractivity contribution in [2.24, 2.45) is 0 Å². The maximum absolute atomic E-state index is 5.97. The first kappa shape index (κ1) is 13.4. The normalized spacial score (nSPS) is 18.9. The summed E-state index contributed by atoms with van der Waals surface area (Å²) in [6.07, 6.45) is 2.86. The molecule has 5 heteroatoms. The molecule has 0 spiro atoms. The van der Waals surface area contributed by atoms with Gasteiger partial charge in [-0.1, -0.05) is 18.5 Å². The molecule has 0 aromatic carbocycles. The van der Waals surface area contributed by atoms with Gasteiger partial charge in [-0.2, -0.15) is 0 Å². The smallest absolute Gasteiger partial charge is 0.151 e. The van der Waals surface area contributed by atoms with Crippen LogP contribution in [0.2, 0.25) is 5.02 Å². The van der Waals surface area contributed by atoms with Crippen molar-refractivity contribution in [1.29, 1.82) is 0 Å². The fourth-order valence-corrected chi connectivity index (χ4v) is 2.51. The summed E-state index contributed by atoms with van der Waals surface area (Å²) < 4.78 is 0. The number of rotatable bonds is 3. The molecule has 4 nitrogen and oxygen atoms in total. The predicted octanol–water partition coefficient (Wildman–Crippen LogP) is 2.24. The van der Waals surface area contributed by atoms with Gasteiger partial charge in [0.2, 0.25) is 0 Å². The molecule has 1 aromatic heterocycles. The van der Waals surface area contributed by atoms with Gasteiger partial charge in [0, 0.05) is 38.4 Å². The molecule has 1 aliphatic rings. The van der Waals surface area contributed by atoms with Crippen LogP contribution in [0.3, 0.4) is 0 Å². The predicted molar refractivity (Wildman–Crippen MR) is 77.2 cm³/mol. The zero-order valence-corrected chi connectivity index (χ0v) is 11.8. The highest BCUT2D eigenvalue weighted by Crippen LogP contribution is 2.24. The van der Waals surface area contributed by atoms with Crippen LogP contribution < -0.4 is 10.6 Å². The van der Waals surface area contributed by atoms with Crippen molar-refractivity contribution in [3.05, 3.63) is 17.3 Å². The fraction of sp³-hybridized carbons (Fsp3) is 0.615. The van der Waals surface area contributed by atoms with Crippen molar-refractivity contribution in [2.45, 2.75) is 26.3 Å². The van der Waals surface area contributed by atoms with Crippen LogP contribution in [0.25, 0.3) is 0 Å². The molecule has 0 aliphatic carbocycles. The summed E-state index contributed by atoms with van der Waals surface area (Å²) in [5, 5.41) is 0.592. The highest BCUT2D eigenvalue weighted by molar-refractivity contribution is 6.30. The summed E-state index contributed by atoms with van der Waals surface area (Å²) in [6, 6.07) is 2.42. The average Bonchev–Trinajstić information content (AvgIpc) is 2.38. The monoisotopic (exact) mass is 268 g/mol. The van der Waals surface area contributed by atoms with E-state index in [4.69, 9.17) is 17.3 Å². The lowest BCUT2D eigenvalue weighted by molar-refractivity contribution is 0.192. The van der Waals surface area contributed by atoms with E-state index in [-0.39, 0.29) is 0 Å². The average molecular weight is 269 g/mol. The molecule has 0 saturated carbocycles. The topological polar surface area (TPSA) is 45.4 Å². The van der Waals surface area contributed by atoms with Crippen LogP contribution >= 0.6 is 11.6 Å². The van der Waals surface area contributed by atoms with E-state index < -0.39 is 0 Å². The Balaban J connectivity index is 2.01. The number of hydrogen-bond acceptors (Lipinski definition) is 4. The number of aromatic nitrogens is 1. The molecule has 2 heterocycles. The summed E-state index contributed by atoms with van der Waals surface area (Å²) in [7, 11) is 0. The molecule has 1 unspecified atom stereocenters. The fourth-order valence-electron chi connectivity index (χ4n) is 2.34. The Bertz CT molecular complexity index is 402. The number of hydrogen-bond donors (Lipinski definition) is 1. The Morgan fingerprint density at radius 2 is 2.06 bits per heavy atom. The number of nitrogen functional groups attached to an aromatic ring is 1. The first-order valence-corrected chi connectivity index (χ1v) is 6.89. The standard InChI is InChI=1S/C13H21ClN4/c1-3-10(2)17-4-6-18(7-5-17)13-12(15)8-11(14)9-16-13/h8-10H,3-7,15H2,1-2H3. The van der Waals surface area contributed by atoms with Crippen LogP contribution in [-0.4, -0.2) is 42.1 Å². The number of halogens is 1. The van der Waals surface area contributed by atoms with Crippen LogP contribution in [0, 0.1) is 0 Å². The van der Waals surface area contributed by atoms with Gasteiger partial charge in [0.05, 0.1) is 10.7 Å². The van der Waals surface area contributed by atoms with Crippen LogP contribution in [0.4, 0.5) is 11.5 Å². The van der Waals surface area contributed by atoms with Gasteiger partial charge in [0.1, 0.15) is 0 Å². The van der Waals surface area contributed by atoms with E-state index in [2.05, 4.69) is 28.6 Å². The first-order chi connectivity index (χ1) is 8.61. The Morgan fingerprint density at radius 1 is 1.39 bits per heavy atom. The highest BCUT2D eigenvalue weighted by atomic mass is 35.5. The van der Waals surface area contributed by atoms with E-state index in [0.29, 0.717) is 16.8 Å². The Labute approximate surface area is 114 Å². The third-order valence-electron chi connectivity index (χ3n) is 3.69. The molecular formula is C13H21ClN4. The summed E-state index contributed by atoms with van der Waals surface area (Å²) >= 11 is 5.87. The number of pyridine rings is 1. The molecule has 1 aromatic rings. The molecular weight excluding hydrogens is 248 g/mol. The molecule has 0 amide bonds. The number of piperazine rings is 1. The maximum atomic E-state index is 5.97. The molecule has 100 valence electrons. The molecule has 0 radical (unpaired) electrons. The Kier molecular flexibility index (Phi) is 4.30. The molecule has 1 atom stereocenters. The Hall–Kier alpha value is -1.00. The molecule has 1 aliphatic heterocycles. The molecule has 0 bridgehead atoms. The van der Waals surface area contributed by atoms with Crippen LogP contribution in [0.5, 0.6) is 0 Å². The van der Waals surface area contributed by atoms with Gasteiger partial charge in [0.15, 0.2) is 5.82 Å². The van der Waals surface area contributed by atoms with Gasteiger partial charge in [-0.25, -0.2) is 4.98 Å². The quantitative estimate of drug-likeness (QED) is 0.913. The SMILES string of the molecule is CCC(C)N1CCN(c2ncc(Cl)cc2N)CC1. The van der Waals surface area contributed by atoms with Crippen molar-refractivity contribution in [3.8, 4) is 0 Å². The Morgan fingerprint density at radius 3 is 2.61 bits per heavy atom. The minimum absolute atomic E-state index is 0.592. The van der Waals surface area contributed by atoms with Crippen molar-refractivity contribution < 1.29 is 0 Å². The third kappa shape index (κ3) is 2.87. The van der Waals surface area contributed by atoms with Gasteiger partial charge in [-0.15, -0.1) is 0 Å². The lowest BCUT2D eigenvalue weighted by Gasteiger charge is -2.38. The van der Waals surface area contributed by atoms with Crippen molar-refractivity contribution in [1.82, 2.24) is 9.88 Å². The van der Waals surface area contributed by atoms with Crippen LogP contribution in [0.15, 0.2) is 12.3 Å².